The summed E-state index contributed by atoms with van der Waals surface area (Å²) >= 11 is 3.57. The smallest absolute Gasteiger partial charge is 0.0477 e. The van der Waals surface area contributed by atoms with E-state index in [-0.39, 0.29) is 0 Å². The van der Waals surface area contributed by atoms with Crippen LogP contribution in [0.25, 0.3) is 0 Å². The molecule has 2 aliphatic rings. The van der Waals surface area contributed by atoms with Gasteiger partial charge in [-0.3, -0.25) is 4.90 Å². The van der Waals surface area contributed by atoms with Gasteiger partial charge in [0.15, 0.2) is 0 Å². The van der Waals surface area contributed by atoms with Gasteiger partial charge in [0.1, 0.15) is 0 Å². The highest BCUT2D eigenvalue weighted by molar-refractivity contribution is 9.11. The molecule has 3 rings (SSSR count). The van der Waals surface area contributed by atoms with Gasteiger partial charge in [-0.15, -0.1) is 0 Å². The lowest BCUT2D eigenvalue weighted by molar-refractivity contribution is 0.0637. The molecule has 1 aliphatic heterocycles. The van der Waals surface area contributed by atoms with Gasteiger partial charge in [-0.05, 0) is 18.4 Å². The molecule has 1 spiro atoms. The van der Waals surface area contributed by atoms with E-state index in [0.717, 1.165) is 24.1 Å². The van der Waals surface area contributed by atoms with Crippen molar-refractivity contribution in [2.24, 2.45) is 0 Å². The molecule has 1 saturated heterocycles. The van der Waals surface area contributed by atoms with Crippen LogP contribution in [0.3, 0.4) is 0 Å². The van der Waals surface area contributed by atoms with Gasteiger partial charge in [0.05, 0.1) is 0 Å². The van der Waals surface area contributed by atoms with Gasteiger partial charge in [0, 0.05) is 35.7 Å². The van der Waals surface area contributed by atoms with Crippen LogP contribution in [0, 0.1) is 0 Å². The van der Waals surface area contributed by atoms with Crippen LogP contribution >= 0.6 is 15.9 Å². The number of nitrogens with one attached hydrogen (secondary N) is 1. The molecule has 0 amide bonds. The summed E-state index contributed by atoms with van der Waals surface area (Å²) < 4.78 is 1.08. The number of piperazine rings is 1. The van der Waals surface area contributed by atoms with Crippen molar-refractivity contribution in [3.8, 4) is 0 Å². The number of benzene rings is 1. The van der Waals surface area contributed by atoms with Gasteiger partial charge in [-0.1, -0.05) is 72.1 Å². The molecule has 1 heterocycles. The molecule has 1 unspecified atom stereocenters. The zero-order chi connectivity index (χ0) is 14.7. The Morgan fingerprint density at radius 1 is 1.24 bits per heavy atom. The highest BCUT2D eigenvalue weighted by Gasteiger charge is 2.40. The van der Waals surface area contributed by atoms with Crippen LogP contribution in [-0.2, 0) is 0 Å². The van der Waals surface area contributed by atoms with E-state index in [1.54, 1.807) is 0 Å². The average Bonchev–Trinajstić information content (AvgIpc) is 2.48. The van der Waals surface area contributed by atoms with Crippen molar-refractivity contribution in [1.82, 2.24) is 10.2 Å². The second-order valence-corrected chi connectivity index (χ2v) is 7.69. The summed E-state index contributed by atoms with van der Waals surface area (Å²) in [7, 11) is 0. The second-order valence-electron chi connectivity index (χ2n) is 6.57. The Bertz CT molecular complexity index is 479. The topological polar surface area (TPSA) is 15.3 Å². The minimum Gasteiger partial charge on any atom is -0.308 e. The fourth-order valence-electron chi connectivity index (χ4n) is 3.95. The average molecular weight is 349 g/mol. The fraction of sp³-hybridized carbons (Fsp3) is 0.556. The fourth-order valence-corrected chi connectivity index (χ4v) is 4.27. The molecule has 21 heavy (non-hydrogen) atoms. The second kappa shape index (κ2) is 6.64. The maximum absolute atomic E-state index is 4.07. The Balaban J connectivity index is 1.80. The molecule has 1 N–H and O–H groups in total. The number of halogens is 1. The first kappa shape index (κ1) is 15.3. The van der Waals surface area contributed by atoms with Crippen molar-refractivity contribution in [3.05, 3.63) is 47.0 Å². The minimum atomic E-state index is 0.339. The van der Waals surface area contributed by atoms with Crippen LogP contribution in [0.4, 0.5) is 0 Å². The monoisotopic (exact) mass is 348 g/mol. The van der Waals surface area contributed by atoms with Crippen LogP contribution in [0.1, 0.15) is 43.7 Å². The number of hydrogen-bond acceptors (Lipinski definition) is 2. The Kier molecular flexibility index (Phi) is 4.82. The molecule has 1 atom stereocenters. The van der Waals surface area contributed by atoms with Gasteiger partial charge in [-0.25, -0.2) is 0 Å². The Morgan fingerprint density at radius 2 is 1.95 bits per heavy atom. The van der Waals surface area contributed by atoms with Gasteiger partial charge >= 0.3 is 0 Å². The van der Waals surface area contributed by atoms with Crippen LogP contribution in [0.2, 0.25) is 0 Å². The molecule has 114 valence electrons. The molecule has 1 aromatic rings. The summed E-state index contributed by atoms with van der Waals surface area (Å²) in [6.07, 6.45) is 6.77. The molecule has 0 aromatic heterocycles. The van der Waals surface area contributed by atoms with Crippen molar-refractivity contribution in [2.45, 2.75) is 43.7 Å². The summed E-state index contributed by atoms with van der Waals surface area (Å²) in [5.41, 5.74) is 1.75. The predicted octanol–water partition coefficient (Wildman–Crippen LogP) is 4.24. The first-order chi connectivity index (χ1) is 10.2. The maximum Gasteiger partial charge on any atom is 0.0477 e. The largest absolute Gasteiger partial charge is 0.308 e. The van der Waals surface area contributed by atoms with E-state index >= 15 is 0 Å². The Morgan fingerprint density at radius 3 is 2.62 bits per heavy atom. The number of hydrogen-bond donors (Lipinski definition) is 1. The molecular formula is C18H25BrN2. The molecule has 2 fully saturated rings. The number of rotatable bonds is 3. The third-order valence-electron chi connectivity index (χ3n) is 4.99. The van der Waals surface area contributed by atoms with Crippen LogP contribution in [0.5, 0.6) is 0 Å². The van der Waals surface area contributed by atoms with Crippen molar-refractivity contribution in [2.75, 3.05) is 19.6 Å². The summed E-state index contributed by atoms with van der Waals surface area (Å²) in [6, 6.07) is 11.3. The first-order valence-electron chi connectivity index (χ1n) is 8.06. The van der Waals surface area contributed by atoms with E-state index in [1.165, 1.54) is 37.7 Å². The van der Waals surface area contributed by atoms with Gasteiger partial charge in [-0.2, -0.15) is 0 Å². The molecule has 1 aromatic carbocycles. The van der Waals surface area contributed by atoms with Crippen molar-refractivity contribution in [3.63, 3.8) is 0 Å². The van der Waals surface area contributed by atoms with E-state index in [0.29, 0.717) is 11.6 Å². The number of nitrogens with zero attached hydrogens (tertiary/aromatic N) is 1. The van der Waals surface area contributed by atoms with Crippen LogP contribution in [-0.4, -0.2) is 30.1 Å². The minimum absolute atomic E-state index is 0.339. The Hall–Kier alpha value is -0.640. The lowest BCUT2D eigenvalue weighted by atomic mass is 9.79. The van der Waals surface area contributed by atoms with E-state index in [2.05, 4.69) is 63.1 Å². The molecule has 0 bridgehead atoms. The van der Waals surface area contributed by atoms with Gasteiger partial charge in [0.2, 0.25) is 0 Å². The molecule has 3 heteroatoms. The molecular weight excluding hydrogens is 324 g/mol. The van der Waals surface area contributed by atoms with E-state index in [4.69, 9.17) is 0 Å². The van der Waals surface area contributed by atoms with Crippen molar-refractivity contribution in [1.29, 1.82) is 0 Å². The SMILES string of the molecule is C=C(Br)CN1CC2(CCCCC2)NCC1c1ccccc1. The lowest BCUT2D eigenvalue weighted by Gasteiger charge is -2.50. The molecule has 0 radical (unpaired) electrons. The first-order valence-corrected chi connectivity index (χ1v) is 8.85. The molecule has 2 nitrogen and oxygen atoms in total. The third kappa shape index (κ3) is 3.58. The van der Waals surface area contributed by atoms with E-state index in [1.807, 2.05) is 0 Å². The third-order valence-corrected chi connectivity index (χ3v) is 5.24. The predicted molar refractivity (Wildman–Crippen MR) is 92.6 cm³/mol. The van der Waals surface area contributed by atoms with Crippen molar-refractivity contribution >= 4 is 15.9 Å². The van der Waals surface area contributed by atoms with E-state index in [9.17, 15) is 0 Å². The van der Waals surface area contributed by atoms with Crippen LogP contribution in [0.15, 0.2) is 41.4 Å². The lowest BCUT2D eigenvalue weighted by Crippen LogP contribution is -2.62. The van der Waals surface area contributed by atoms with Crippen molar-refractivity contribution < 1.29 is 0 Å². The quantitative estimate of drug-likeness (QED) is 0.878. The zero-order valence-corrected chi connectivity index (χ0v) is 14.2. The summed E-state index contributed by atoms with van der Waals surface area (Å²) in [5.74, 6) is 0. The summed E-state index contributed by atoms with van der Waals surface area (Å²) in [6.45, 7) is 7.18. The summed E-state index contributed by atoms with van der Waals surface area (Å²) in [5, 5.41) is 3.90. The zero-order valence-electron chi connectivity index (χ0n) is 12.7. The Labute approximate surface area is 136 Å². The normalized spacial score (nSPS) is 25.9. The van der Waals surface area contributed by atoms with E-state index < -0.39 is 0 Å². The van der Waals surface area contributed by atoms with Crippen LogP contribution < -0.4 is 5.32 Å². The molecule has 1 aliphatic carbocycles. The highest BCUT2D eigenvalue weighted by Crippen LogP contribution is 2.36. The molecule has 1 saturated carbocycles. The summed E-state index contributed by atoms with van der Waals surface area (Å²) in [4.78, 5) is 2.61. The van der Waals surface area contributed by atoms with Gasteiger partial charge < -0.3 is 5.32 Å². The maximum atomic E-state index is 4.07. The standard InChI is InChI=1S/C18H25BrN2/c1-15(19)13-21-14-18(10-6-3-7-11-18)20-12-17(21)16-8-4-2-5-9-16/h2,4-5,8-9,17,20H,1,3,6-7,10-14H2. The highest BCUT2D eigenvalue weighted by atomic mass is 79.9. The van der Waals surface area contributed by atoms with Gasteiger partial charge in [0.25, 0.3) is 0 Å².